The summed E-state index contributed by atoms with van der Waals surface area (Å²) in [4.78, 5) is 9.48. The number of guanidine groups is 1. The van der Waals surface area contributed by atoms with E-state index in [0.717, 1.165) is 52.0 Å². The standard InChI is InChI=1S/C19H28N4O2S/c1-2-21-11-13-22(14-12-21)19-20-9-10-23(19)26(24,25)18-8-7-16-5-3-4-6-17(16)15-18/h7-8,15H,2-6,9-14H2,1H3. The lowest BCUT2D eigenvalue weighted by Gasteiger charge is -2.37. The fraction of sp³-hybridized carbons (Fsp3) is 0.632. The van der Waals surface area contributed by atoms with E-state index in [9.17, 15) is 8.42 Å². The van der Waals surface area contributed by atoms with Crippen molar-refractivity contribution >= 4 is 16.0 Å². The van der Waals surface area contributed by atoms with Crippen LogP contribution in [0, 0.1) is 0 Å². The number of sulfonamides is 1. The molecule has 1 aliphatic carbocycles. The summed E-state index contributed by atoms with van der Waals surface area (Å²) in [5, 5.41) is 0. The topological polar surface area (TPSA) is 56.2 Å². The summed E-state index contributed by atoms with van der Waals surface area (Å²) >= 11 is 0. The first-order valence-electron chi connectivity index (χ1n) is 9.76. The zero-order chi connectivity index (χ0) is 18.1. The normalized spacial score (nSPS) is 21.7. The summed E-state index contributed by atoms with van der Waals surface area (Å²) in [6.45, 7) is 7.79. The van der Waals surface area contributed by atoms with E-state index < -0.39 is 10.0 Å². The summed E-state index contributed by atoms with van der Waals surface area (Å²) < 4.78 is 28.1. The van der Waals surface area contributed by atoms with E-state index in [-0.39, 0.29) is 0 Å². The molecule has 0 aromatic heterocycles. The largest absolute Gasteiger partial charge is 0.339 e. The summed E-state index contributed by atoms with van der Waals surface area (Å²) in [5.41, 5.74) is 2.51. The lowest BCUT2D eigenvalue weighted by atomic mass is 9.92. The number of rotatable bonds is 3. The quantitative estimate of drug-likeness (QED) is 0.803. The van der Waals surface area contributed by atoms with Gasteiger partial charge in [0.1, 0.15) is 0 Å². The van der Waals surface area contributed by atoms with Crippen LogP contribution in [-0.4, -0.2) is 74.3 Å². The zero-order valence-corrected chi connectivity index (χ0v) is 16.3. The highest BCUT2D eigenvalue weighted by Gasteiger charge is 2.35. The number of aliphatic imine (C=N–C) groups is 1. The Hall–Kier alpha value is -1.60. The van der Waals surface area contributed by atoms with Crippen molar-refractivity contribution < 1.29 is 8.42 Å². The SMILES string of the molecule is CCN1CCN(C2=NCCN2S(=O)(=O)c2ccc3c(c2)CCCC3)CC1. The van der Waals surface area contributed by atoms with E-state index in [2.05, 4.69) is 21.7 Å². The van der Waals surface area contributed by atoms with Crippen LogP contribution in [0.25, 0.3) is 0 Å². The van der Waals surface area contributed by atoms with Crippen LogP contribution < -0.4 is 0 Å². The lowest BCUT2D eigenvalue weighted by Crippen LogP contribution is -2.53. The third-order valence-corrected chi connectivity index (χ3v) is 7.57. The Labute approximate surface area is 156 Å². The van der Waals surface area contributed by atoms with Gasteiger partial charge < -0.3 is 9.80 Å². The fourth-order valence-electron chi connectivity index (χ4n) is 4.17. The number of likely N-dealkylation sites (N-methyl/N-ethyl adjacent to an activating group) is 1. The zero-order valence-electron chi connectivity index (χ0n) is 15.5. The van der Waals surface area contributed by atoms with Gasteiger partial charge in [-0.2, -0.15) is 0 Å². The van der Waals surface area contributed by atoms with Gasteiger partial charge in [0, 0.05) is 26.2 Å². The molecule has 1 aromatic carbocycles. The van der Waals surface area contributed by atoms with Gasteiger partial charge in [0.05, 0.1) is 18.0 Å². The predicted octanol–water partition coefficient (Wildman–Crippen LogP) is 1.56. The first-order valence-corrected chi connectivity index (χ1v) is 11.2. The first-order chi connectivity index (χ1) is 12.6. The summed E-state index contributed by atoms with van der Waals surface area (Å²) in [7, 11) is -3.54. The molecule has 2 heterocycles. The maximum Gasteiger partial charge on any atom is 0.266 e. The van der Waals surface area contributed by atoms with Crippen molar-refractivity contribution in [3.63, 3.8) is 0 Å². The Morgan fingerprint density at radius 2 is 1.73 bits per heavy atom. The van der Waals surface area contributed by atoms with Crippen molar-refractivity contribution in [1.29, 1.82) is 0 Å². The maximum absolute atomic E-state index is 13.3. The molecule has 0 radical (unpaired) electrons. The number of fused-ring (bicyclic) bond motifs is 1. The highest BCUT2D eigenvalue weighted by molar-refractivity contribution is 7.89. The molecule has 142 valence electrons. The Balaban J connectivity index is 1.56. The van der Waals surface area contributed by atoms with Crippen molar-refractivity contribution in [3.8, 4) is 0 Å². The molecular weight excluding hydrogens is 348 g/mol. The summed E-state index contributed by atoms with van der Waals surface area (Å²) in [5.74, 6) is 0.637. The van der Waals surface area contributed by atoms with Crippen molar-refractivity contribution in [1.82, 2.24) is 14.1 Å². The highest BCUT2D eigenvalue weighted by atomic mass is 32.2. The van der Waals surface area contributed by atoms with Crippen molar-refractivity contribution in [2.75, 3.05) is 45.8 Å². The second-order valence-corrected chi connectivity index (χ2v) is 9.18. The monoisotopic (exact) mass is 376 g/mol. The number of hydrogen-bond acceptors (Lipinski definition) is 5. The Kier molecular flexibility index (Phi) is 4.92. The molecule has 4 rings (SSSR count). The molecule has 6 nitrogen and oxygen atoms in total. The molecule has 0 atom stereocenters. The van der Waals surface area contributed by atoms with E-state index in [1.165, 1.54) is 21.9 Å². The Bertz CT molecular complexity index is 798. The van der Waals surface area contributed by atoms with Crippen LogP contribution in [0.4, 0.5) is 0 Å². The van der Waals surface area contributed by atoms with E-state index in [0.29, 0.717) is 23.9 Å². The summed E-state index contributed by atoms with van der Waals surface area (Å²) in [6.07, 6.45) is 4.40. The maximum atomic E-state index is 13.3. The molecule has 26 heavy (non-hydrogen) atoms. The highest BCUT2D eigenvalue weighted by Crippen LogP contribution is 2.27. The van der Waals surface area contributed by atoms with E-state index in [4.69, 9.17) is 0 Å². The van der Waals surface area contributed by atoms with E-state index in [1.54, 1.807) is 6.07 Å². The molecule has 0 N–H and O–H groups in total. The molecule has 1 fully saturated rings. The van der Waals surface area contributed by atoms with Gasteiger partial charge in [0.25, 0.3) is 10.0 Å². The third-order valence-electron chi connectivity index (χ3n) is 5.79. The van der Waals surface area contributed by atoms with Gasteiger partial charge in [-0.1, -0.05) is 13.0 Å². The molecule has 0 amide bonds. The second kappa shape index (κ2) is 7.19. The number of nitrogens with zero attached hydrogens (tertiary/aromatic N) is 4. The Morgan fingerprint density at radius 1 is 1.00 bits per heavy atom. The smallest absolute Gasteiger partial charge is 0.266 e. The van der Waals surface area contributed by atoms with Gasteiger partial charge in [0.2, 0.25) is 5.96 Å². The number of hydrogen-bond donors (Lipinski definition) is 0. The van der Waals surface area contributed by atoms with Crippen molar-refractivity contribution in [3.05, 3.63) is 29.3 Å². The fourth-order valence-corrected chi connectivity index (χ4v) is 5.66. The van der Waals surface area contributed by atoms with Crippen LogP contribution in [0.3, 0.4) is 0 Å². The minimum absolute atomic E-state index is 0.417. The van der Waals surface area contributed by atoms with E-state index >= 15 is 0 Å². The molecule has 0 unspecified atom stereocenters. The molecule has 0 spiro atoms. The minimum Gasteiger partial charge on any atom is -0.339 e. The Morgan fingerprint density at radius 3 is 2.46 bits per heavy atom. The number of benzene rings is 1. The van der Waals surface area contributed by atoms with Crippen molar-refractivity contribution in [2.45, 2.75) is 37.5 Å². The number of piperazine rings is 1. The minimum atomic E-state index is -3.54. The van der Waals surface area contributed by atoms with Crippen LogP contribution in [0.2, 0.25) is 0 Å². The number of aryl methyl sites for hydroxylation is 2. The van der Waals surface area contributed by atoms with Crippen molar-refractivity contribution in [2.24, 2.45) is 4.99 Å². The summed E-state index contributed by atoms with van der Waals surface area (Å²) in [6, 6.07) is 5.69. The molecule has 2 aliphatic heterocycles. The van der Waals surface area contributed by atoms with Gasteiger partial charge in [-0.15, -0.1) is 0 Å². The van der Waals surface area contributed by atoms with Crippen LogP contribution in [0.5, 0.6) is 0 Å². The van der Waals surface area contributed by atoms with Crippen LogP contribution >= 0.6 is 0 Å². The van der Waals surface area contributed by atoms with Gasteiger partial charge in [0.15, 0.2) is 0 Å². The molecule has 0 saturated carbocycles. The van der Waals surface area contributed by atoms with Gasteiger partial charge in [-0.25, -0.2) is 12.7 Å². The third kappa shape index (κ3) is 3.22. The molecule has 7 heteroatoms. The lowest BCUT2D eigenvalue weighted by molar-refractivity contribution is 0.184. The average Bonchev–Trinajstić information content (AvgIpc) is 3.18. The molecule has 1 saturated heterocycles. The van der Waals surface area contributed by atoms with Gasteiger partial charge in [-0.05, 0) is 55.5 Å². The van der Waals surface area contributed by atoms with Gasteiger partial charge >= 0.3 is 0 Å². The van der Waals surface area contributed by atoms with Crippen LogP contribution in [-0.2, 0) is 22.9 Å². The van der Waals surface area contributed by atoms with Gasteiger partial charge in [-0.3, -0.25) is 4.99 Å². The molecule has 0 bridgehead atoms. The first kappa shape index (κ1) is 17.8. The second-order valence-electron chi connectivity index (χ2n) is 7.32. The molecule has 3 aliphatic rings. The van der Waals surface area contributed by atoms with Crippen LogP contribution in [0.1, 0.15) is 30.9 Å². The predicted molar refractivity (Wildman–Crippen MR) is 103 cm³/mol. The van der Waals surface area contributed by atoms with Crippen LogP contribution in [0.15, 0.2) is 28.1 Å². The van der Waals surface area contributed by atoms with E-state index in [1.807, 2.05) is 12.1 Å². The average molecular weight is 377 g/mol. The molecule has 1 aromatic rings. The molecular formula is C19H28N4O2S.